The summed E-state index contributed by atoms with van der Waals surface area (Å²) in [5.74, 6) is -1.56. The molecule has 1 aliphatic heterocycles. The molecule has 0 unspecified atom stereocenters. The smallest absolute Gasteiger partial charge is 0.416 e. The first-order valence-corrected chi connectivity index (χ1v) is 16.5. The number of ether oxygens (including phenoxy) is 3. The summed E-state index contributed by atoms with van der Waals surface area (Å²) in [5, 5.41) is -0.545. The van der Waals surface area contributed by atoms with Crippen LogP contribution in [0.2, 0.25) is 0 Å². The second kappa shape index (κ2) is 13.1. The average Bonchev–Trinajstić information content (AvgIpc) is 3.31. The van der Waals surface area contributed by atoms with Crippen LogP contribution in [0, 0.1) is 19.7 Å². The molecule has 5 rings (SSSR count). The molecule has 0 bridgehead atoms. The van der Waals surface area contributed by atoms with Crippen molar-refractivity contribution >= 4 is 21.9 Å². The molecular weight excluding hydrogens is 672 g/mol. The number of rotatable bonds is 8. The van der Waals surface area contributed by atoms with E-state index in [1.807, 2.05) is 0 Å². The minimum Gasteiger partial charge on any atom is -0.481 e. The molecule has 2 aromatic carbocycles. The van der Waals surface area contributed by atoms with Gasteiger partial charge < -0.3 is 14.2 Å². The summed E-state index contributed by atoms with van der Waals surface area (Å²) >= 11 is 0. The zero-order valence-electron chi connectivity index (χ0n) is 27.0. The molecule has 16 heteroatoms. The Balaban J connectivity index is 1.60. The Morgan fingerprint density at radius 1 is 1.00 bits per heavy atom. The first-order chi connectivity index (χ1) is 22.9. The molecule has 4 aromatic rings. The third kappa shape index (κ3) is 7.04. The number of pyridine rings is 1. The average molecular weight is 703 g/mol. The largest absolute Gasteiger partial charge is 0.481 e. The molecule has 2 aromatic heterocycles. The van der Waals surface area contributed by atoms with Gasteiger partial charge in [0.15, 0.2) is 0 Å². The van der Waals surface area contributed by atoms with Gasteiger partial charge in [0.1, 0.15) is 11.9 Å². The molecule has 3 heterocycles. The van der Waals surface area contributed by atoms with Crippen molar-refractivity contribution in [3.05, 3.63) is 88.1 Å². The van der Waals surface area contributed by atoms with Crippen molar-refractivity contribution in [1.82, 2.24) is 19.9 Å². The van der Waals surface area contributed by atoms with Gasteiger partial charge in [-0.3, -0.25) is 4.90 Å². The van der Waals surface area contributed by atoms with Gasteiger partial charge in [0.05, 0.1) is 43.6 Å². The lowest BCUT2D eigenvalue weighted by Crippen LogP contribution is -2.32. The van der Waals surface area contributed by atoms with Gasteiger partial charge in [0, 0.05) is 35.3 Å². The number of sulfone groups is 1. The predicted octanol–water partition coefficient (Wildman–Crippen LogP) is 6.26. The number of benzene rings is 2. The van der Waals surface area contributed by atoms with Crippen molar-refractivity contribution in [3.8, 4) is 28.1 Å². The summed E-state index contributed by atoms with van der Waals surface area (Å²) in [7, 11) is -1.29. The van der Waals surface area contributed by atoms with Crippen LogP contribution in [0.1, 0.15) is 51.3 Å². The molecule has 1 saturated heterocycles. The minimum absolute atomic E-state index is 0.0295. The highest BCUT2D eigenvalue weighted by atomic mass is 32.2. The maximum Gasteiger partial charge on any atom is 0.416 e. The summed E-state index contributed by atoms with van der Waals surface area (Å²) in [6.45, 7) is 4.73. The predicted molar refractivity (Wildman–Crippen MR) is 167 cm³/mol. The molecule has 0 spiro atoms. The Morgan fingerprint density at radius 2 is 1.67 bits per heavy atom. The highest BCUT2D eigenvalue weighted by Crippen LogP contribution is 2.40. The molecule has 0 saturated carbocycles. The molecular formula is C33H30F4N4O7S. The fourth-order valence-electron chi connectivity index (χ4n) is 5.78. The third-order valence-electron chi connectivity index (χ3n) is 8.04. The van der Waals surface area contributed by atoms with E-state index in [9.17, 15) is 35.6 Å². The van der Waals surface area contributed by atoms with Crippen LogP contribution >= 0.6 is 0 Å². The van der Waals surface area contributed by atoms with E-state index in [0.717, 1.165) is 33.9 Å². The van der Waals surface area contributed by atoms with Crippen LogP contribution in [0.15, 0.2) is 53.9 Å². The number of methoxy groups -OCH3 is 2. The van der Waals surface area contributed by atoms with Crippen molar-refractivity contribution in [1.29, 1.82) is 0 Å². The van der Waals surface area contributed by atoms with E-state index in [4.69, 9.17) is 14.2 Å². The van der Waals surface area contributed by atoms with Crippen LogP contribution in [0.25, 0.3) is 22.3 Å². The van der Waals surface area contributed by atoms with Gasteiger partial charge >= 0.3 is 18.2 Å². The zero-order valence-corrected chi connectivity index (χ0v) is 27.9. The number of carbonyl (C=O) groups excluding carboxylic acids is 2. The van der Waals surface area contributed by atoms with E-state index in [0.29, 0.717) is 28.8 Å². The van der Waals surface area contributed by atoms with Crippen molar-refractivity contribution in [2.45, 2.75) is 50.8 Å². The maximum atomic E-state index is 14.3. The second-order valence-corrected chi connectivity index (χ2v) is 13.4. The number of alkyl halides is 3. The van der Waals surface area contributed by atoms with Gasteiger partial charge in [-0.2, -0.15) is 13.2 Å². The van der Waals surface area contributed by atoms with Crippen LogP contribution in [-0.4, -0.2) is 66.8 Å². The van der Waals surface area contributed by atoms with Gasteiger partial charge in [-0.1, -0.05) is 0 Å². The lowest BCUT2D eigenvalue weighted by Gasteiger charge is -2.23. The molecule has 0 aliphatic carbocycles. The van der Waals surface area contributed by atoms with Crippen LogP contribution in [-0.2, 0) is 32.0 Å². The first kappa shape index (κ1) is 35.2. The van der Waals surface area contributed by atoms with Gasteiger partial charge in [0.25, 0.3) is 0 Å². The van der Waals surface area contributed by atoms with Crippen molar-refractivity contribution in [2.24, 2.45) is 0 Å². The topological polar surface area (TPSA) is 138 Å². The van der Waals surface area contributed by atoms with E-state index in [-0.39, 0.29) is 29.2 Å². The van der Waals surface area contributed by atoms with Crippen molar-refractivity contribution in [3.63, 3.8) is 0 Å². The fraction of sp³-hybridized carbons (Fsp3) is 0.303. The first-order valence-electron chi connectivity index (χ1n) is 14.6. The molecule has 1 aliphatic rings. The third-order valence-corrected chi connectivity index (χ3v) is 8.90. The van der Waals surface area contributed by atoms with Gasteiger partial charge in [-0.25, -0.2) is 37.3 Å². The number of aromatic nitrogens is 3. The van der Waals surface area contributed by atoms with E-state index in [1.165, 1.54) is 27.3 Å². The molecule has 258 valence electrons. The number of esters is 1. The summed E-state index contributed by atoms with van der Waals surface area (Å²) < 4.78 is 95.3. The number of nitrogens with zero attached hydrogens (tertiary/aromatic N) is 4. The zero-order chi connectivity index (χ0) is 36.0. The number of hydrogen-bond donors (Lipinski definition) is 0. The number of cyclic esters (lactones) is 1. The number of halogens is 4. The van der Waals surface area contributed by atoms with Crippen LogP contribution < -0.4 is 4.74 Å². The summed E-state index contributed by atoms with van der Waals surface area (Å²) in [6, 6.07) is 6.01. The molecule has 0 N–H and O–H groups in total. The highest BCUT2D eigenvalue weighted by molar-refractivity contribution is 7.90. The Morgan fingerprint density at radius 3 is 2.27 bits per heavy atom. The quantitative estimate of drug-likeness (QED) is 0.118. The normalized spacial score (nSPS) is 16.4. The molecule has 0 radical (unpaired) electrons. The van der Waals surface area contributed by atoms with Crippen molar-refractivity contribution < 1.29 is 49.8 Å². The Bertz CT molecular complexity index is 2070. The summed E-state index contributed by atoms with van der Waals surface area (Å²) in [6.07, 6.45) is -3.38. The minimum atomic E-state index is -4.84. The van der Waals surface area contributed by atoms with E-state index in [1.54, 1.807) is 38.2 Å². The number of hydrogen-bond acceptors (Lipinski definition) is 10. The van der Waals surface area contributed by atoms with E-state index >= 15 is 0 Å². The SMILES string of the molecule is COC(=O)c1cc(C)c(-c2cnc(OC)c(-c3cnc(S(C)(=O)=O)nc3CN3C(=O)O[C@H](c4cc(F)cc(C(F)(F)F)c4)[C@@H]3C)c2)c(C)c1. The number of carbonyl (C=O) groups is 2. The summed E-state index contributed by atoms with van der Waals surface area (Å²) in [4.78, 5) is 39.2. The second-order valence-electron chi connectivity index (χ2n) is 11.5. The molecule has 1 amide bonds. The Kier molecular flexibility index (Phi) is 9.38. The molecule has 2 atom stereocenters. The van der Waals surface area contributed by atoms with Gasteiger partial charge in [-0.05, 0) is 79.4 Å². The molecule has 49 heavy (non-hydrogen) atoms. The number of aryl methyl sites for hydroxylation is 2. The van der Waals surface area contributed by atoms with Gasteiger partial charge in [-0.15, -0.1) is 0 Å². The fourth-order valence-corrected chi connectivity index (χ4v) is 6.30. The van der Waals surface area contributed by atoms with Crippen LogP contribution in [0.4, 0.5) is 22.4 Å². The monoisotopic (exact) mass is 702 g/mol. The van der Waals surface area contributed by atoms with E-state index in [2.05, 4.69) is 15.0 Å². The lowest BCUT2D eigenvalue weighted by molar-refractivity contribution is -0.137. The van der Waals surface area contributed by atoms with Crippen LogP contribution in [0.5, 0.6) is 5.88 Å². The Hall–Kier alpha value is -5.12. The Labute approximate surface area is 278 Å². The molecule has 11 nitrogen and oxygen atoms in total. The van der Waals surface area contributed by atoms with Crippen molar-refractivity contribution in [2.75, 3.05) is 20.5 Å². The van der Waals surface area contributed by atoms with Crippen LogP contribution in [0.3, 0.4) is 0 Å². The summed E-state index contributed by atoms with van der Waals surface area (Å²) in [5.41, 5.74) is 2.28. The standard InChI is InChI=1S/C33H30F4N4O7S/c1-16-7-20(30(42)47-5)8-17(2)27(16)21-11-24(29(46-4)38-13-21)25-14-39-31(49(6,44)45)40-26(25)15-41-18(3)28(48-32(41)43)19-9-22(33(35,36)37)12-23(34)10-19/h7-14,18,28H,15H2,1-6H3/t18-,28-/m0/s1. The van der Waals surface area contributed by atoms with Gasteiger partial charge in [0.2, 0.25) is 20.9 Å². The highest BCUT2D eigenvalue weighted by Gasteiger charge is 2.42. The maximum absolute atomic E-state index is 14.3. The lowest BCUT2D eigenvalue weighted by atomic mass is 9.92. The van der Waals surface area contributed by atoms with E-state index < -0.39 is 56.8 Å². The molecule has 1 fully saturated rings. The number of amides is 1.